The number of likely N-dealkylation sites (tertiary alicyclic amines) is 1. The average molecular weight is 354 g/mol. The molecule has 2 amide bonds. The summed E-state index contributed by atoms with van der Waals surface area (Å²) in [6.45, 7) is 4.03. The number of aliphatic hydroxyl groups is 1. The summed E-state index contributed by atoms with van der Waals surface area (Å²) in [5.41, 5.74) is 2.86. The molecular formula is C20H22N2O4. The van der Waals surface area contributed by atoms with Gasteiger partial charge in [-0.3, -0.25) is 9.69 Å². The maximum absolute atomic E-state index is 12.7. The lowest BCUT2D eigenvalue weighted by Crippen LogP contribution is -2.44. The number of aliphatic hydroxyl groups excluding tert-OH is 1. The van der Waals surface area contributed by atoms with Gasteiger partial charge in [-0.25, -0.2) is 4.79 Å². The van der Waals surface area contributed by atoms with Crippen molar-refractivity contribution in [2.45, 2.75) is 32.4 Å². The third-order valence-electron chi connectivity index (χ3n) is 4.54. The first-order valence-electron chi connectivity index (χ1n) is 8.53. The van der Waals surface area contributed by atoms with Gasteiger partial charge < -0.3 is 15.2 Å². The predicted molar refractivity (Wildman–Crippen MR) is 98.1 cm³/mol. The van der Waals surface area contributed by atoms with Crippen molar-refractivity contribution >= 4 is 17.7 Å². The molecule has 0 bridgehead atoms. The molecule has 1 saturated heterocycles. The van der Waals surface area contributed by atoms with Gasteiger partial charge >= 0.3 is 6.09 Å². The number of β-amino-alcohol motifs (C(OH)–C–C–N with tert-alkyl or cyclic N) is 1. The molecule has 2 N–H and O–H groups in total. The Morgan fingerprint density at radius 1 is 1.12 bits per heavy atom. The quantitative estimate of drug-likeness (QED) is 0.888. The van der Waals surface area contributed by atoms with Gasteiger partial charge in [-0.1, -0.05) is 24.3 Å². The Morgan fingerprint density at radius 3 is 2.54 bits per heavy atom. The monoisotopic (exact) mass is 354 g/mol. The van der Waals surface area contributed by atoms with Crippen LogP contribution < -0.4 is 10.1 Å². The highest BCUT2D eigenvalue weighted by atomic mass is 16.6. The van der Waals surface area contributed by atoms with Gasteiger partial charge in [0.2, 0.25) is 5.91 Å². The summed E-state index contributed by atoms with van der Waals surface area (Å²) in [5, 5.41) is 12.8. The Kier molecular flexibility index (Phi) is 5.23. The number of hydrogen-bond acceptors (Lipinski definition) is 4. The van der Waals surface area contributed by atoms with Crippen LogP contribution in [0.1, 0.15) is 17.5 Å². The van der Waals surface area contributed by atoms with Crippen LogP contribution in [0.4, 0.5) is 10.5 Å². The Hall–Kier alpha value is -2.86. The fourth-order valence-electron chi connectivity index (χ4n) is 2.96. The normalized spacial score (nSPS) is 19.3. The molecule has 6 heteroatoms. The number of amides is 2. The first kappa shape index (κ1) is 17.9. The molecule has 3 rings (SSSR count). The summed E-state index contributed by atoms with van der Waals surface area (Å²) in [7, 11) is 0. The van der Waals surface area contributed by atoms with E-state index in [9.17, 15) is 14.7 Å². The lowest BCUT2D eigenvalue weighted by Gasteiger charge is -2.23. The molecule has 26 heavy (non-hydrogen) atoms. The van der Waals surface area contributed by atoms with Crippen LogP contribution >= 0.6 is 0 Å². The third-order valence-corrected chi connectivity index (χ3v) is 4.54. The molecule has 0 aliphatic carbocycles. The molecule has 1 aliphatic heterocycles. The van der Waals surface area contributed by atoms with E-state index in [2.05, 4.69) is 5.32 Å². The van der Waals surface area contributed by atoms with E-state index in [1.54, 1.807) is 24.3 Å². The molecule has 0 spiro atoms. The molecule has 0 unspecified atom stereocenters. The van der Waals surface area contributed by atoms with E-state index < -0.39 is 18.2 Å². The van der Waals surface area contributed by atoms with Crippen molar-refractivity contribution in [2.24, 2.45) is 0 Å². The summed E-state index contributed by atoms with van der Waals surface area (Å²) in [6, 6.07) is 13.5. The fourth-order valence-corrected chi connectivity index (χ4v) is 2.96. The minimum absolute atomic E-state index is 0.0661. The van der Waals surface area contributed by atoms with Crippen LogP contribution in [0, 0.1) is 13.8 Å². The molecule has 2 aromatic rings. The molecule has 136 valence electrons. The summed E-state index contributed by atoms with van der Waals surface area (Å²) >= 11 is 0. The zero-order valence-corrected chi connectivity index (χ0v) is 14.8. The third kappa shape index (κ3) is 4.03. The molecule has 1 heterocycles. The number of ether oxygens (including phenoxy) is 1. The number of nitrogens with one attached hydrogen (secondary N) is 1. The van der Waals surface area contributed by atoms with Gasteiger partial charge in [0.25, 0.3) is 0 Å². The molecule has 1 aliphatic rings. The number of carbonyl (C=O) groups excluding carboxylic acids is 2. The van der Waals surface area contributed by atoms with Crippen LogP contribution in [0.2, 0.25) is 0 Å². The van der Waals surface area contributed by atoms with Crippen LogP contribution in [0.25, 0.3) is 0 Å². The van der Waals surface area contributed by atoms with Crippen LogP contribution in [0.5, 0.6) is 5.75 Å². The van der Waals surface area contributed by atoms with Gasteiger partial charge in [0.05, 0.1) is 12.6 Å². The SMILES string of the molecule is Cc1ccc(NC(=O)[C@@H]2C[C@H](O)CN2C(=O)Oc2ccccc2)cc1C. The molecule has 2 aromatic carbocycles. The highest BCUT2D eigenvalue weighted by Crippen LogP contribution is 2.23. The average Bonchev–Trinajstić information content (AvgIpc) is 3.01. The number of benzene rings is 2. The lowest BCUT2D eigenvalue weighted by molar-refractivity contribution is -0.119. The van der Waals surface area contributed by atoms with E-state index in [1.807, 2.05) is 38.1 Å². The summed E-state index contributed by atoms with van der Waals surface area (Å²) < 4.78 is 5.31. The van der Waals surface area contributed by atoms with Crippen molar-refractivity contribution < 1.29 is 19.4 Å². The topological polar surface area (TPSA) is 78.9 Å². The Bertz CT molecular complexity index is 807. The van der Waals surface area contributed by atoms with E-state index in [-0.39, 0.29) is 18.9 Å². The van der Waals surface area contributed by atoms with Crippen molar-refractivity contribution in [3.8, 4) is 5.75 Å². The van der Waals surface area contributed by atoms with Crippen molar-refractivity contribution in [1.82, 2.24) is 4.90 Å². The second-order valence-corrected chi connectivity index (χ2v) is 6.53. The molecule has 1 fully saturated rings. The predicted octanol–water partition coefficient (Wildman–Crippen LogP) is 2.88. The van der Waals surface area contributed by atoms with Gasteiger partial charge in [0, 0.05) is 12.1 Å². The van der Waals surface area contributed by atoms with E-state index in [0.717, 1.165) is 11.1 Å². The molecule has 0 radical (unpaired) electrons. The Labute approximate surface area is 152 Å². The lowest BCUT2D eigenvalue weighted by atomic mass is 10.1. The minimum Gasteiger partial charge on any atom is -0.410 e. The zero-order valence-electron chi connectivity index (χ0n) is 14.8. The van der Waals surface area contributed by atoms with Gasteiger partial charge in [0.15, 0.2) is 0 Å². The first-order chi connectivity index (χ1) is 12.4. The first-order valence-corrected chi connectivity index (χ1v) is 8.53. The Balaban J connectivity index is 1.71. The van der Waals surface area contributed by atoms with Crippen LogP contribution in [0.3, 0.4) is 0 Å². The molecule has 2 atom stereocenters. The van der Waals surface area contributed by atoms with E-state index in [0.29, 0.717) is 11.4 Å². The van der Waals surface area contributed by atoms with E-state index in [1.165, 1.54) is 4.90 Å². The molecular weight excluding hydrogens is 332 g/mol. The number of anilines is 1. The summed E-state index contributed by atoms with van der Waals surface area (Å²) in [4.78, 5) is 26.4. The van der Waals surface area contributed by atoms with Gasteiger partial charge in [-0.2, -0.15) is 0 Å². The maximum Gasteiger partial charge on any atom is 0.416 e. The maximum atomic E-state index is 12.7. The van der Waals surface area contributed by atoms with Crippen molar-refractivity contribution in [2.75, 3.05) is 11.9 Å². The standard InChI is InChI=1S/C20H22N2O4/c1-13-8-9-15(10-14(13)2)21-19(24)18-11-16(23)12-22(18)20(25)26-17-6-4-3-5-7-17/h3-10,16,18,23H,11-12H2,1-2H3,(H,21,24)/t16-,18-/m0/s1. The van der Waals surface area contributed by atoms with E-state index in [4.69, 9.17) is 4.74 Å². The van der Waals surface area contributed by atoms with Gasteiger partial charge in [0.1, 0.15) is 11.8 Å². The Morgan fingerprint density at radius 2 is 1.85 bits per heavy atom. The van der Waals surface area contributed by atoms with E-state index >= 15 is 0 Å². The molecule has 0 saturated carbocycles. The minimum atomic E-state index is -0.775. The number of hydrogen-bond donors (Lipinski definition) is 2. The highest BCUT2D eigenvalue weighted by molar-refractivity contribution is 5.97. The van der Waals surface area contributed by atoms with Crippen LogP contribution in [-0.2, 0) is 4.79 Å². The van der Waals surface area contributed by atoms with Crippen molar-refractivity contribution in [3.05, 3.63) is 59.7 Å². The van der Waals surface area contributed by atoms with Crippen LogP contribution in [-0.4, -0.2) is 40.7 Å². The van der Waals surface area contributed by atoms with Gasteiger partial charge in [-0.15, -0.1) is 0 Å². The number of nitrogens with zero attached hydrogens (tertiary/aromatic N) is 1. The number of rotatable bonds is 3. The number of para-hydroxylation sites is 1. The smallest absolute Gasteiger partial charge is 0.410 e. The second-order valence-electron chi connectivity index (χ2n) is 6.53. The fraction of sp³-hybridized carbons (Fsp3) is 0.300. The zero-order chi connectivity index (χ0) is 18.7. The second kappa shape index (κ2) is 7.58. The highest BCUT2D eigenvalue weighted by Gasteiger charge is 2.40. The summed E-state index contributed by atoms with van der Waals surface area (Å²) in [6.07, 6.45) is -1.22. The number of aryl methyl sites for hydroxylation is 2. The molecule has 0 aromatic heterocycles. The van der Waals surface area contributed by atoms with Crippen molar-refractivity contribution in [3.63, 3.8) is 0 Å². The summed E-state index contributed by atoms with van der Waals surface area (Å²) in [5.74, 6) is 0.0574. The van der Waals surface area contributed by atoms with Crippen LogP contribution in [0.15, 0.2) is 48.5 Å². The largest absolute Gasteiger partial charge is 0.416 e. The van der Waals surface area contributed by atoms with Crippen molar-refractivity contribution in [1.29, 1.82) is 0 Å². The van der Waals surface area contributed by atoms with Gasteiger partial charge in [-0.05, 0) is 49.2 Å². The molecule has 6 nitrogen and oxygen atoms in total. The number of carbonyl (C=O) groups is 2.